The van der Waals surface area contributed by atoms with Crippen LogP contribution in [0.15, 0.2) is 4.42 Å². The first-order chi connectivity index (χ1) is 11.8. The predicted molar refractivity (Wildman–Crippen MR) is 73.8 cm³/mol. The lowest BCUT2D eigenvalue weighted by Crippen LogP contribution is -2.46. The zero-order chi connectivity index (χ0) is 18.2. The van der Waals surface area contributed by atoms with Gasteiger partial charge in [0.05, 0.1) is 5.92 Å². The molecule has 2 aliphatic rings. The molecule has 2 saturated heterocycles. The Morgan fingerprint density at radius 3 is 2.48 bits per heavy atom. The Labute approximate surface area is 140 Å². The number of piperidine rings is 1. The van der Waals surface area contributed by atoms with E-state index in [0.29, 0.717) is 19.4 Å². The highest BCUT2D eigenvalue weighted by atomic mass is 19.4. The molecule has 8 nitrogen and oxygen atoms in total. The minimum Gasteiger partial charge on any atom is -0.417 e. The van der Waals surface area contributed by atoms with E-state index >= 15 is 0 Å². The van der Waals surface area contributed by atoms with Crippen LogP contribution in [0.3, 0.4) is 0 Å². The van der Waals surface area contributed by atoms with Crippen LogP contribution in [0.2, 0.25) is 0 Å². The van der Waals surface area contributed by atoms with Gasteiger partial charge >= 0.3 is 12.1 Å². The smallest absolute Gasteiger partial charge is 0.417 e. The molecule has 0 aromatic carbocycles. The Morgan fingerprint density at radius 1 is 1.20 bits per heavy atom. The topological polar surface area (TPSA) is 96.6 Å². The molecule has 25 heavy (non-hydrogen) atoms. The van der Waals surface area contributed by atoms with Crippen LogP contribution >= 0.6 is 0 Å². The van der Waals surface area contributed by atoms with Gasteiger partial charge in [0.2, 0.25) is 23.6 Å². The molecule has 0 bridgehead atoms. The molecule has 136 valence electrons. The first-order valence-electron chi connectivity index (χ1n) is 7.77. The molecule has 2 aliphatic heterocycles. The summed E-state index contributed by atoms with van der Waals surface area (Å²) in [6, 6.07) is 0. The summed E-state index contributed by atoms with van der Waals surface area (Å²) in [4.78, 5) is 37.8. The minimum absolute atomic E-state index is 0.0942. The number of aromatic nitrogens is 2. The predicted octanol–water partition coefficient (Wildman–Crippen LogP) is 0.943. The van der Waals surface area contributed by atoms with Crippen molar-refractivity contribution in [1.29, 1.82) is 0 Å². The number of hydrogen-bond donors (Lipinski definition) is 0. The molecule has 0 saturated carbocycles. The van der Waals surface area contributed by atoms with E-state index in [2.05, 4.69) is 14.6 Å². The maximum Gasteiger partial charge on any atom is 0.470 e. The van der Waals surface area contributed by atoms with E-state index in [9.17, 15) is 27.6 Å². The standard InChI is InChI=1S/C14H15F3N4O4/c15-14(16,17)13-19-18-12(25-13)8-2-1-5-20(6-8)11(24)7-21-9(22)3-4-10(21)23/h8H,1-7H2/t8-/m0/s1. The van der Waals surface area contributed by atoms with Gasteiger partial charge in [-0.1, -0.05) is 0 Å². The number of likely N-dealkylation sites (tertiary alicyclic amines) is 2. The largest absolute Gasteiger partial charge is 0.470 e. The van der Waals surface area contributed by atoms with Crippen molar-refractivity contribution in [2.75, 3.05) is 19.6 Å². The van der Waals surface area contributed by atoms with Crippen LogP contribution in [-0.2, 0) is 20.6 Å². The fourth-order valence-electron chi connectivity index (χ4n) is 2.95. The SMILES string of the molecule is O=C(CN1C(=O)CCC1=O)N1CCC[C@H](c2nnc(C(F)(F)F)o2)C1. The van der Waals surface area contributed by atoms with Crippen molar-refractivity contribution in [1.82, 2.24) is 20.0 Å². The molecule has 1 aromatic rings. The zero-order valence-corrected chi connectivity index (χ0v) is 13.1. The quantitative estimate of drug-likeness (QED) is 0.745. The van der Waals surface area contributed by atoms with E-state index in [1.54, 1.807) is 0 Å². The summed E-state index contributed by atoms with van der Waals surface area (Å²) in [6.07, 6.45) is -3.48. The molecule has 3 amide bonds. The molecule has 0 unspecified atom stereocenters. The van der Waals surface area contributed by atoms with Gasteiger partial charge in [-0.15, -0.1) is 10.2 Å². The zero-order valence-electron chi connectivity index (χ0n) is 13.1. The second kappa shape index (κ2) is 6.45. The highest BCUT2D eigenvalue weighted by Crippen LogP contribution is 2.32. The van der Waals surface area contributed by atoms with Crippen molar-refractivity contribution in [3.8, 4) is 0 Å². The van der Waals surface area contributed by atoms with Crippen LogP contribution in [0.25, 0.3) is 0 Å². The summed E-state index contributed by atoms with van der Waals surface area (Å²) in [5.41, 5.74) is 0. The number of halogens is 3. The number of amides is 3. The van der Waals surface area contributed by atoms with Crippen LogP contribution < -0.4 is 0 Å². The maximum atomic E-state index is 12.5. The van der Waals surface area contributed by atoms with Crippen molar-refractivity contribution in [2.24, 2.45) is 0 Å². The summed E-state index contributed by atoms with van der Waals surface area (Å²) in [7, 11) is 0. The molecule has 1 aromatic heterocycles. The lowest BCUT2D eigenvalue weighted by Gasteiger charge is -2.32. The summed E-state index contributed by atoms with van der Waals surface area (Å²) in [5, 5.41) is 6.43. The Bertz CT molecular complexity index is 686. The molecule has 3 heterocycles. The van der Waals surface area contributed by atoms with Gasteiger partial charge in [-0.3, -0.25) is 19.3 Å². The minimum atomic E-state index is -4.72. The second-order valence-corrected chi connectivity index (χ2v) is 6.00. The normalized spacial score (nSPS) is 22.0. The van der Waals surface area contributed by atoms with Gasteiger partial charge in [0.1, 0.15) is 6.54 Å². The van der Waals surface area contributed by atoms with Crippen molar-refractivity contribution in [3.05, 3.63) is 11.8 Å². The van der Waals surface area contributed by atoms with Crippen LogP contribution in [0.1, 0.15) is 43.4 Å². The van der Waals surface area contributed by atoms with Crippen LogP contribution in [0.5, 0.6) is 0 Å². The molecule has 2 fully saturated rings. The molecule has 11 heteroatoms. The van der Waals surface area contributed by atoms with E-state index in [-0.39, 0.29) is 31.8 Å². The van der Waals surface area contributed by atoms with Gasteiger partial charge in [0.25, 0.3) is 0 Å². The Morgan fingerprint density at radius 2 is 1.88 bits per heavy atom. The Kier molecular flexibility index (Phi) is 4.48. The molecule has 0 radical (unpaired) electrons. The van der Waals surface area contributed by atoms with Gasteiger partial charge in [-0.2, -0.15) is 13.2 Å². The summed E-state index contributed by atoms with van der Waals surface area (Å²) >= 11 is 0. The van der Waals surface area contributed by atoms with E-state index < -0.39 is 35.7 Å². The van der Waals surface area contributed by atoms with Crippen molar-refractivity contribution < 1.29 is 32.0 Å². The fraction of sp³-hybridized carbons (Fsp3) is 0.643. The Hall–Kier alpha value is -2.46. The highest BCUT2D eigenvalue weighted by Gasteiger charge is 2.40. The molecular weight excluding hydrogens is 345 g/mol. The molecule has 3 rings (SSSR count). The lowest BCUT2D eigenvalue weighted by molar-refractivity contribution is -0.157. The average Bonchev–Trinajstić information content (AvgIpc) is 3.17. The van der Waals surface area contributed by atoms with Gasteiger partial charge in [-0.25, -0.2) is 0 Å². The number of imide groups is 1. The van der Waals surface area contributed by atoms with E-state index in [1.165, 1.54) is 4.90 Å². The third kappa shape index (κ3) is 3.64. The number of carbonyl (C=O) groups is 3. The van der Waals surface area contributed by atoms with Crippen molar-refractivity contribution in [3.63, 3.8) is 0 Å². The van der Waals surface area contributed by atoms with Crippen LogP contribution in [0.4, 0.5) is 13.2 Å². The number of nitrogens with zero attached hydrogens (tertiary/aromatic N) is 4. The van der Waals surface area contributed by atoms with E-state index in [1.807, 2.05) is 0 Å². The van der Waals surface area contributed by atoms with Crippen LogP contribution in [-0.4, -0.2) is 57.4 Å². The van der Waals surface area contributed by atoms with E-state index in [0.717, 1.165) is 4.90 Å². The molecule has 0 spiro atoms. The summed E-state index contributed by atoms with van der Waals surface area (Å²) in [6.45, 7) is 0.155. The molecule has 0 N–H and O–H groups in total. The average molecular weight is 360 g/mol. The summed E-state index contributed by atoms with van der Waals surface area (Å²) in [5.74, 6) is -3.30. The third-order valence-electron chi connectivity index (χ3n) is 4.25. The van der Waals surface area contributed by atoms with Crippen molar-refractivity contribution in [2.45, 2.75) is 37.8 Å². The maximum absolute atomic E-state index is 12.5. The molecular formula is C14H15F3N4O4. The number of carbonyl (C=O) groups excluding carboxylic acids is 3. The number of rotatable bonds is 3. The van der Waals surface area contributed by atoms with Gasteiger partial charge in [0.15, 0.2) is 0 Å². The van der Waals surface area contributed by atoms with Crippen molar-refractivity contribution >= 4 is 17.7 Å². The lowest BCUT2D eigenvalue weighted by atomic mass is 9.98. The van der Waals surface area contributed by atoms with Gasteiger partial charge in [0, 0.05) is 25.9 Å². The van der Waals surface area contributed by atoms with Crippen LogP contribution in [0, 0.1) is 0 Å². The fourth-order valence-corrected chi connectivity index (χ4v) is 2.95. The monoisotopic (exact) mass is 360 g/mol. The van der Waals surface area contributed by atoms with Gasteiger partial charge in [-0.05, 0) is 12.8 Å². The number of alkyl halides is 3. The first kappa shape index (κ1) is 17.4. The number of hydrogen-bond acceptors (Lipinski definition) is 6. The molecule has 0 aliphatic carbocycles. The summed E-state index contributed by atoms with van der Waals surface area (Å²) < 4.78 is 42.3. The van der Waals surface area contributed by atoms with E-state index in [4.69, 9.17) is 0 Å². The first-order valence-corrected chi connectivity index (χ1v) is 7.77. The van der Waals surface area contributed by atoms with Gasteiger partial charge < -0.3 is 9.32 Å². The Balaban J connectivity index is 1.64. The molecule has 1 atom stereocenters. The third-order valence-corrected chi connectivity index (χ3v) is 4.25. The second-order valence-electron chi connectivity index (χ2n) is 6.00. The highest BCUT2D eigenvalue weighted by molar-refractivity contribution is 6.04.